The molecule has 100 valence electrons. The van der Waals surface area contributed by atoms with Gasteiger partial charge in [0, 0.05) is 24.2 Å². The number of hydrogen-bond acceptors (Lipinski definition) is 4. The molecule has 1 saturated carbocycles. The normalized spacial score (nSPS) is 15.5. The van der Waals surface area contributed by atoms with Gasteiger partial charge in [0.05, 0.1) is 5.69 Å². The molecule has 1 aliphatic carbocycles. The Morgan fingerprint density at radius 2 is 2.21 bits per heavy atom. The maximum atomic E-state index is 12.5. The van der Waals surface area contributed by atoms with Crippen molar-refractivity contribution < 1.29 is 4.79 Å². The summed E-state index contributed by atoms with van der Waals surface area (Å²) in [5.74, 6) is 0.0304. The van der Waals surface area contributed by atoms with Crippen LogP contribution >= 0.6 is 11.3 Å². The van der Waals surface area contributed by atoms with Crippen LogP contribution in [0.2, 0.25) is 0 Å². The predicted octanol–water partition coefficient (Wildman–Crippen LogP) is 2.81. The van der Waals surface area contributed by atoms with Gasteiger partial charge in [0.2, 0.25) is 0 Å². The Hall–Kier alpha value is -1.62. The van der Waals surface area contributed by atoms with Crippen molar-refractivity contribution in [1.82, 2.24) is 9.88 Å². The standard InChI is InChI=1S/C14H17N3OS/c1-8-6-7-10-11(15)12(19-13(10)16-8)14(18)17(2)9-4-3-5-9/h6-7,9H,3-5,15H2,1-2H3. The molecule has 1 fully saturated rings. The summed E-state index contributed by atoms with van der Waals surface area (Å²) in [5, 5.41) is 0.890. The van der Waals surface area contributed by atoms with Crippen LogP contribution in [0.4, 0.5) is 5.69 Å². The highest BCUT2D eigenvalue weighted by Gasteiger charge is 2.28. The molecule has 0 bridgehead atoms. The molecule has 5 heteroatoms. The van der Waals surface area contributed by atoms with Crippen LogP contribution in [0.5, 0.6) is 0 Å². The summed E-state index contributed by atoms with van der Waals surface area (Å²) in [5.41, 5.74) is 7.63. The lowest BCUT2D eigenvalue weighted by atomic mass is 9.92. The second kappa shape index (κ2) is 4.49. The van der Waals surface area contributed by atoms with E-state index in [0.29, 0.717) is 16.6 Å². The van der Waals surface area contributed by atoms with Gasteiger partial charge in [0.25, 0.3) is 5.91 Å². The van der Waals surface area contributed by atoms with E-state index >= 15 is 0 Å². The first-order valence-electron chi connectivity index (χ1n) is 6.50. The van der Waals surface area contributed by atoms with Gasteiger partial charge in [0.1, 0.15) is 9.71 Å². The van der Waals surface area contributed by atoms with Crippen molar-refractivity contribution in [3.8, 4) is 0 Å². The average Bonchev–Trinajstić information content (AvgIpc) is 2.63. The van der Waals surface area contributed by atoms with Gasteiger partial charge in [-0.05, 0) is 38.3 Å². The quantitative estimate of drug-likeness (QED) is 0.916. The molecule has 0 radical (unpaired) electrons. The van der Waals surface area contributed by atoms with E-state index in [9.17, 15) is 4.79 Å². The molecule has 0 spiro atoms. The van der Waals surface area contributed by atoms with Crippen LogP contribution in [0, 0.1) is 6.92 Å². The van der Waals surface area contributed by atoms with E-state index < -0.39 is 0 Å². The number of nitrogens with zero attached hydrogens (tertiary/aromatic N) is 2. The minimum Gasteiger partial charge on any atom is -0.397 e. The highest BCUT2D eigenvalue weighted by Crippen LogP contribution is 2.34. The van der Waals surface area contributed by atoms with E-state index in [0.717, 1.165) is 28.8 Å². The van der Waals surface area contributed by atoms with Crippen molar-refractivity contribution in [2.45, 2.75) is 32.2 Å². The van der Waals surface area contributed by atoms with E-state index in [1.165, 1.54) is 17.8 Å². The molecule has 3 rings (SSSR count). The molecular formula is C14H17N3OS. The Morgan fingerprint density at radius 3 is 2.84 bits per heavy atom. The number of rotatable bonds is 2. The van der Waals surface area contributed by atoms with Crippen molar-refractivity contribution in [2.75, 3.05) is 12.8 Å². The number of anilines is 1. The van der Waals surface area contributed by atoms with Crippen LogP contribution in [0.25, 0.3) is 10.2 Å². The number of nitrogens with two attached hydrogens (primary N) is 1. The number of thiophene rings is 1. The van der Waals surface area contributed by atoms with Gasteiger partial charge in [-0.15, -0.1) is 11.3 Å². The zero-order chi connectivity index (χ0) is 13.6. The fourth-order valence-electron chi connectivity index (χ4n) is 2.35. The second-order valence-corrected chi connectivity index (χ2v) is 6.15. The van der Waals surface area contributed by atoms with Crippen LogP contribution < -0.4 is 5.73 Å². The summed E-state index contributed by atoms with van der Waals surface area (Å²) in [6.45, 7) is 1.94. The number of aromatic nitrogens is 1. The fraction of sp³-hybridized carbons (Fsp3) is 0.429. The average molecular weight is 275 g/mol. The molecule has 19 heavy (non-hydrogen) atoms. The smallest absolute Gasteiger partial charge is 0.266 e. The first-order chi connectivity index (χ1) is 9.08. The van der Waals surface area contributed by atoms with Gasteiger partial charge in [-0.2, -0.15) is 0 Å². The highest BCUT2D eigenvalue weighted by atomic mass is 32.1. The first kappa shape index (κ1) is 12.4. The number of carbonyl (C=O) groups is 1. The molecular weight excluding hydrogens is 258 g/mol. The van der Waals surface area contributed by atoms with E-state index in [1.807, 2.05) is 31.0 Å². The molecule has 0 unspecified atom stereocenters. The number of pyridine rings is 1. The Balaban J connectivity index is 1.99. The van der Waals surface area contributed by atoms with E-state index in [1.54, 1.807) is 0 Å². The Labute approximate surface area is 116 Å². The third-order valence-electron chi connectivity index (χ3n) is 3.87. The molecule has 2 aromatic heterocycles. The van der Waals surface area contributed by atoms with Gasteiger partial charge in [-0.3, -0.25) is 4.79 Å². The molecule has 0 aliphatic heterocycles. The first-order valence-corrected chi connectivity index (χ1v) is 7.32. The largest absolute Gasteiger partial charge is 0.397 e. The third-order valence-corrected chi connectivity index (χ3v) is 4.97. The maximum Gasteiger partial charge on any atom is 0.266 e. The Bertz CT molecular complexity index is 645. The summed E-state index contributed by atoms with van der Waals surface area (Å²) < 4.78 is 0. The molecule has 2 aromatic rings. The van der Waals surface area contributed by atoms with Gasteiger partial charge in [-0.1, -0.05) is 0 Å². The van der Waals surface area contributed by atoms with Crippen molar-refractivity contribution >= 4 is 33.1 Å². The number of fused-ring (bicyclic) bond motifs is 1. The van der Waals surface area contributed by atoms with E-state index in [2.05, 4.69) is 4.98 Å². The minimum absolute atomic E-state index is 0.0304. The lowest BCUT2D eigenvalue weighted by Gasteiger charge is -2.34. The summed E-state index contributed by atoms with van der Waals surface area (Å²) >= 11 is 1.40. The number of nitrogen functional groups attached to an aromatic ring is 1. The zero-order valence-corrected chi connectivity index (χ0v) is 12.0. The summed E-state index contributed by atoms with van der Waals surface area (Å²) in [7, 11) is 1.87. The lowest BCUT2D eigenvalue weighted by molar-refractivity contribution is 0.0658. The van der Waals surface area contributed by atoms with Crippen molar-refractivity contribution in [2.24, 2.45) is 0 Å². The Kier molecular flexibility index (Phi) is 2.93. The second-order valence-electron chi connectivity index (χ2n) is 5.15. The van der Waals surface area contributed by atoms with Crippen LogP contribution in [0.3, 0.4) is 0 Å². The van der Waals surface area contributed by atoms with Crippen LogP contribution in [0.15, 0.2) is 12.1 Å². The number of hydrogen-bond donors (Lipinski definition) is 1. The highest BCUT2D eigenvalue weighted by molar-refractivity contribution is 7.21. The van der Waals surface area contributed by atoms with Crippen molar-refractivity contribution in [3.63, 3.8) is 0 Å². The molecule has 1 aliphatic rings. The molecule has 0 saturated heterocycles. The summed E-state index contributed by atoms with van der Waals surface area (Å²) in [6.07, 6.45) is 3.42. The monoisotopic (exact) mass is 275 g/mol. The molecule has 4 nitrogen and oxygen atoms in total. The van der Waals surface area contributed by atoms with E-state index in [4.69, 9.17) is 5.73 Å². The van der Waals surface area contributed by atoms with Gasteiger partial charge >= 0.3 is 0 Å². The topological polar surface area (TPSA) is 59.2 Å². The van der Waals surface area contributed by atoms with Gasteiger partial charge < -0.3 is 10.6 Å². The lowest BCUT2D eigenvalue weighted by Crippen LogP contribution is -2.41. The molecule has 2 heterocycles. The van der Waals surface area contributed by atoms with Gasteiger partial charge in [-0.25, -0.2) is 4.98 Å². The third kappa shape index (κ3) is 1.98. The van der Waals surface area contributed by atoms with E-state index in [-0.39, 0.29) is 5.91 Å². The number of amides is 1. The summed E-state index contributed by atoms with van der Waals surface area (Å²) in [6, 6.07) is 4.26. The molecule has 1 amide bonds. The van der Waals surface area contributed by atoms with Crippen LogP contribution in [-0.4, -0.2) is 28.9 Å². The number of aryl methyl sites for hydroxylation is 1. The maximum absolute atomic E-state index is 12.5. The molecule has 0 atom stereocenters. The fourth-order valence-corrected chi connectivity index (χ4v) is 3.47. The molecule has 2 N–H and O–H groups in total. The van der Waals surface area contributed by atoms with Gasteiger partial charge in [0.15, 0.2) is 0 Å². The number of carbonyl (C=O) groups excluding carboxylic acids is 1. The summed E-state index contributed by atoms with van der Waals surface area (Å²) in [4.78, 5) is 20.2. The van der Waals surface area contributed by atoms with Crippen molar-refractivity contribution in [3.05, 3.63) is 22.7 Å². The van der Waals surface area contributed by atoms with Crippen LogP contribution in [-0.2, 0) is 0 Å². The predicted molar refractivity (Wildman–Crippen MR) is 78.5 cm³/mol. The van der Waals surface area contributed by atoms with Crippen molar-refractivity contribution in [1.29, 1.82) is 0 Å². The Morgan fingerprint density at radius 1 is 1.47 bits per heavy atom. The zero-order valence-electron chi connectivity index (χ0n) is 11.1. The SMILES string of the molecule is Cc1ccc2c(N)c(C(=O)N(C)C3CCC3)sc2n1. The molecule has 0 aromatic carbocycles. The van der Waals surface area contributed by atoms with Crippen LogP contribution in [0.1, 0.15) is 34.6 Å². The minimum atomic E-state index is 0.0304.